The zero-order valence-electron chi connectivity index (χ0n) is 10.8. The second-order valence-electron chi connectivity index (χ2n) is 4.53. The number of nitrogens with zero attached hydrogens (tertiary/aromatic N) is 2. The molecule has 0 amide bonds. The van der Waals surface area contributed by atoms with Crippen LogP contribution in [0.2, 0.25) is 0 Å². The first-order valence-electron chi connectivity index (χ1n) is 6.41. The summed E-state index contributed by atoms with van der Waals surface area (Å²) < 4.78 is 1.34. The maximum absolute atomic E-state index is 11.4. The Kier molecular flexibility index (Phi) is 6.37. The number of rotatable bonds is 8. The number of aromatic nitrogens is 2. The van der Waals surface area contributed by atoms with Crippen LogP contribution in [0.15, 0.2) is 18.7 Å². The van der Waals surface area contributed by atoms with Crippen LogP contribution in [0.1, 0.15) is 52.4 Å². The molecule has 4 heteroatoms. The van der Waals surface area contributed by atoms with Crippen LogP contribution in [0.4, 0.5) is 0 Å². The van der Waals surface area contributed by atoms with Gasteiger partial charge in [0.25, 0.3) is 0 Å². The molecule has 0 saturated heterocycles. The van der Waals surface area contributed by atoms with E-state index in [9.17, 15) is 4.79 Å². The number of hydrogen-bond acceptors (Lipinski definition) is 3. The van der Waals surface area contributed by atoms with Crippen molar-refractivity contribution in [3.63, 3.8) is 0 Å². The van der Waals surface area contributed by atoms with Crippen LogP contribution < -0.4 is 4.84 Å². The molecule has 0 aliphatic carbocycles. The molecule has 0 N–H and O–H groups in total. The van der Waals surface area contributed by atoms with Crippen LogP contribution in [-0.2, 0) is 4.79 Å². The van der Waals surface area contributed by atoms with E-state index in [-0.39, 0.29) is 5.97 Å². The highest BCUT2D eigenvalue weighted by Crippen LogP contribution is 2.14. The van der Waals surface area contributed by atoms with Crippen LogP contribution >= 0.6 is 0 Å². The summed E-state index contributed by atoms with van der Waals surface area (Å²) in [7, 11) is 0. The number of imidazole rings is 1. The van der Waals surface area contributed by atoms with Crippen molar-refractivity contribution in [2.24, 2.45) is 5.92 Å². The molecule has 0 aromatic carbocycles. The summed E-state index contributed by atoms with van der Waals surface area (Å²) >= 11 is 0. The fourth-order valence-electron chi connectivity index (χ4n) is 1.76. The number of hydrogen-bond donors (Lipinski definition) is 0. The standard InChI is InChI=1S/C13H22N2O2/c1-3-4-6-12(2)7-5-8-13(16)17-15-10-9-14-11-15/h9-12H,3-8H2,1-2H3. The Morgan fingerprint density at radius 2 is 2.18 bits per heavy atom. The van der Waals surface area contributed by atoms with E-state index in [1.54, 1.807) is 12.4 Å². The molecule has 1 rings (SSSR count). The summed E-state index contributed by atoms with van der Waals surface area (Å²) in [5, 5.41) is 0. The summed E-state index contributed by atoms with van der Waals surface area (Å²) in [6, 6.07) is 0. The molecule has 0 radical (unpaired) electrons. The molecule has 0 fully saturated rings. The Balaban J connectivity index is 2.08. The van der Waals surface area contributed by atoms with Crippen molar-refractivity contribution in [3.05, 3.63) is 18.7 Å². The van der Waals surface area contributed by atoms with E-state index in [0.717, 1.165) is 12.8 Å². The SMILES string of the molecule is CCCCC(C)CCCC(=O)On1ccnc1. The van der Waals surface area contributed by atoms with Crippen molar-refractivity contribution >= 4 is 5.97 Å². The molecule has 96 valence electrons. The lowest BCUT2D eigenvalue weighted by molar-refractivity contribution is -0.144. The van der Waals surface area contributed by atoms with Gasteiger partial charge in [-0.15, -0.1) is 0 Å². The van der Waals surface area contributed by atoms with Crippen LogP contribution in [0, 0.1) is 5.92 Å². The molecule has 0 saturated carbocycles. The first-order valence-corrected chi connectivity index (χ1v) is 6.41. The van der Waals surface area contributed by atoms with Crippen molar-refractivity contribution in [1.29, 1.82) is 0 Å². The summed E-state index contributed by atoms with van der Waals surface area (Å²) in [4.78, 5) is 20.3. The second-order valence-corrected chi connectivity index (χ2v) is 4.53. The van der Waals surface area contributed by atoms with E-state index >= 15 is 0 Å². The van der Waals surface area contributed by atoms with Crippen LogP contribution in [0.5, 0.6) is 0 Å². The zero-order valence-corrected chi connectivity index (χ0v) is 10.8. The maximum atomic E-state index is 11.4. The van der Waals surface area contributed by atoms with Crippen molar-refractivity contribution in [2.45, 2.75) is 52.4 Å². The molecule has 1 heterocycles. The predicted molar refractivity (Wildman–Crippen MR) is 66.4 cm³/mol. The molecule has 1 unspecified atom stereocenters. The molecule has 1 aromatic heterocycles. The first kappa shape index (κ1) is 13.7. The summed E-state index contributed by atoms with van der Waals surface area (Å²) in [5.74, 6) is 0.515. The fraction of sp³-hybridized carbons (Fsp3) is 0.692. The fourth-order valence-corrected chi connectivity index (χ4v) is 1.76. The van der Waals surface area contributed by atoms with E-state index in [1.807, 2.05) is 0 Å². The largest absolute Gasteiger partial charge is 0.336 e. The molecule has 0 spiro atoms. The Hall–Kier alpha value is -1.32. The lowest BCUT2D eigenvalue weighted by atomic mass is 9.98. The molecule has 1 atom stereocenters. The quantitative estimate of drug-likeness (QED) is 0.699. The van der Waals surface area contributed by atoms with Crippen LogP contribution in [-0.4, -0.2) is 15.7 Å². The van der Waals surface area contributed by atoms with Gasteiger partial charge in [0.2, 0.25) is 0 Å². The third-order valence-corrected chi connectivity index (χ3v) is 2.82. The highest BCUT2D eigenvalue weighted by atomic mass is 16.7. The van der Waals surface area contributed by atoms with E-state index < -0.39 is 0 Å². The van der Waals surface area contributed by atoms with Crippen molar-refractivity contribution in [2.75, 3.05) is 0 Å². The highest BCUT2D eigenvalue weighted by molar-refractivity contribution is 5.69. The number of carbonyl (C=O) groups excluding carboxylic acids is 1. The van der Waals surface area contributed by atoms with Gasteiger partial charge in [-0.2, -0.15) is 4.73 Å². The van der Waals surface area contributed by atoms with Crippen molar-refractivity contribution < 1.29 is 9.63 Å². The second kappa shape index (κ2) is 7.87. The van der Waals surface area contributed by atoms with Gasteiger partial charge >= 0.3 is 5.97 Å². The van der Waals surface area contributed by atoms with E-state index in [1.165, 1.54) is 30.3 Å². The van der Waals surface area contributed by atoms with Crippen LogP contribution in [0.25, 0.3) is 0 Å². The van der Waals surface area contributed by atoms with Gasteiger partial charge < -0.3 is 4.84 Å². The van der Waals surface area contributed by atoms with Gasteiger partial charge in [0.05, 0.1) is 6.20 Å². The zero-order chi connectivity index (χ0) is 12.5. The van der Waals surface area contributed by atoms with Crippen molar-refractivity contribution in [3.8, 4) is 0 Å². The van der Waals surface area contributed by atoms with E-state index in [0.29, 0.717) is 12.3 Å². The summed E-state index contributed by atoms with van der Waals surface area (Å²) in [5.41, 5.74) is 0. The molecular weight excluding hydrogens is 216 g/mol. The van der Waals surface area contributed by atoms with Gasteiger partial charge in [-0.25, -0.2) is 9.78 Å². The summed E-state index contributed by atoms with van der Waals surface area (Å²) in [6.07, 6.45) is 10.9. The van der Waals surface area contributed by atoms with Gasteiger partial charge in [0.1, 0.15) is 6.33 Å². The van der Waals surface area contributed by atoms with Crippen molar-refractivity contribution in [1.82, 2.24) is 9.71 Å². The van der Waals surface area contributed by atoms with Gasteiger partial charge in [-0.3, -0.25) is 0 Å². The molecule has 0 aliphatic heterocycles. The van der Waals surface area contributed by atoms with Gasteiger partial charge in [0.15, 0.2) is 0 Å². The van der Waals surface area contributed by atoms with Gasteiger partial charge in [-0.05, 0) is 12.3 Å². The lowest BCUT2D eigenvalue weighted by Crippen LogP contribution is -2.18. The number of carbonyl (C=O) groups is 1. The molecular formula is C13H22N2O2. The minimum absolute atomic E-state index is 0.189. The Bertz CT molecular complexity index is 309. The topological polar surface area (TPSA) is 44.1 Å². The average molecular weight is 238 g/mol. The number of unbranched alkanes of at least 4 members (excludes halogenated alkanes) is 1. The Morgan fingerprint density at radius 3 is 2.82 bits per heavy atom. The van der Waals surface area contributed by atoms with E-state index in [4.69, 9.17) is 4.84 Å². The van der Waals surface area contributed by atoms with Gasteiger partial charge in [-0.1, -0.05) is 39.5 Å². The third-order valence-electron chi connectivity index (χ3n) is 2.82. The lowest BCUT2D eigenvalue weighted by Gasteiger charge is -2.09. The maximum Gasteiger partial charge on any atom is 0.332 e. The molecule has 1 aromatic rings. The third kappa shape index (κ3) is 6.09. The summed E-state index contributed by atoms with van der Waals surface area (Å²) in [6.45, 7) is 4.45. The van der Waals surface area contributed by atoms with E-state index in [2.05, 4.69) is 18.8 Å². The molecule has 0 aliphatic rings. The smallest absolute Gasteiger partial charge is 0.332 e. The van der Waals surface area contributed by atoms with Crippen LogP contribution in [0.3, 0.4) is 0 Å². The first-order chi connectivity index (χ1) is 8.22. The predicted octanol–water partition coefficient (Wildman–Crippen LogP) is 2.83. The molecule has 4 nitrogen and oxygen atoms in total. The molecule has 17 heavy (non-hydrogen) atoms. The highest BCUT2D eigenvalue weighted by Gasteiger charge is 2.07. The Labute approximate surface area is 103 Å². The molecule has 0 bridgehead atoms. The normalized spacial score (nSPS) is 12.4. The average Bonchev–Trinajstić information content (AvgIpc) is 2.79. The van der Waals surface area contributed by atoms with Gasteiger partial charge in [0, 0.05) is 12.6 Å². The Morgan fingerprint density at radius 1 is 1.41 bits per heavy atom. The minimum atomic E-state index is -0.189. The minimum Gasteiger partial charge on any atom is -0.336 e. The monoisotopic (exact) mass is 238 g/mol.